The summed E-state index contributed by atoms with van der Waals surface area (Å²) in [6.45, 7) is 0. The minimum atomic E-state index is -0.364. The van der Waals surface area contributed by atoms with Crippen LogP contribution in [0.2, 0.25) is 0 Å². The Morgan fingerprint density at radius 2 is 1.88 bits per heavy atom. The molecule has 1 N–H and O–H groups in total. The van der Waals surface area contributed by atoms with Crippen LogP contribution in [0.3, 0.4) is 0 Å². The quantitative estimate of drug-likeness (QED) is 0.808. The molecule has 3 nitrogen and oxygen atoms in total. The number of aromatic hydroxyl groups is 1. The topological polar surface area (TPSA) is 50.4 Å². The van der Waals surface area contributed by atoms with E-state index in [1.54, 1.807) is 6.07 Å². The molecule has 4 rings (SSSR count). The van der Waals surface area contributed by atoms with Gasteiger partial charge >= 0.3 is 5.63 Å². The molecule has 0 spiro atoms. The van der Waals surface area contributed by atoms with Gasteiger partial charge in [0, 0.05) is 18.4 Å². The van der Waals surface area contributed by atoms with E-state index < -0.39 is 0 Å². The van der Waals surface area contributed by atoms with Crippen LogP contribution < -0.4 is 5.63 Å². The lowest BCUT2D eigenvalue weighted by atomic mass is 9.87. The Morgan fingerprint density at radius 3 is 2.50 bits per heavy atom. The Balaban J connectivity index is 1.60. The standard InChI is InChI=1S/C21H24O3/c22-18-13-17(8-4-5-14-9-10-14)24-21(23)20(18)19(16-11-12-16)15-6-2-1-3-7-15/h1-3,6-7,13-14,16,19,22H,4-5,8-12H2. The normalized spacial score (nSPS) is 18.5. The summed E-state index contributed by atoms with van der Waals surface area (Å²) in [7, 11) is 0. The highest BCUT2D eigenvalue weighted by Crippen LogP contribution is 2.47. The molecular formula is C21H24O3. The zero-order valence-corrected chi connectivity index (χ0v) is 13.9. The van der Waals surface area contributed by atoms with E-state index in [-0.39, 0.29) is 17.3 Å². The first-order valence-electron chi connectivity index (χ1n) is 9.13. The van der Waals surface area contributed by atoms with Gasteiger partial charge in [-0.3, -0.25) is 0 Å². The third-order valence-corrected chi connectivity index (χ3v) is 5.31. The number of rotatable bonds is 7. The molecule has 2 aliphatic carbocycles. The lowest BCUT2D eigenvalue weighted by Gasteiger charge is -2.17. The van der Waals surface area contributed by atoms with Crippen molar-refractivity contribution in [3.8, 4) is 5.75 Å². The molecule has 2 fully saturated rings. The van der Waals surface area contributed by atoms with Gasteiger partial charge in [0.25, 0.3) is 0 Å². The van der Waals surface area contributed by atoms with Crippen LogP contribution in [0.25, 0.3) is 0 Å². The molecule has 0 saturated heterocycles. The van der Waals surface area contributed by atoms with Gasteiger partial charge in [-0.2, -0.15) is 0 Å². The minimum Gasteiger partial charge on any atom is -0.507 e. The zero-order chi connectivity index (χ0) is 16.5. The van der Waals surface area contributed by atoms with Crippen molar-refractivity contribution < 1.29 is 9.52 Å². The Bertz CT molecular complexity index is 754. The van der Waals surface area contributed by atoms with Crippen molar-refractivity contribution in [1.82, 2.24) is 0 Å². The first kappa shape index (κ1) is 15.5. The summed E-state index contributed by atoms with van der Waals surface area (Å²) >= 11 is 0. The fourth-order valence-corrected chi connectivity index (χ4v) is 3.68. The monoisotopic (exact) mass is 324 g/mol. The minimum absolute atomic E-state index is 0.0528. The fraction of sp³-hybridized carbons (Fsp3) is 0.476. The molecule has 126 valence electrons. The van der Waals surface area contributed by atoms with Gasteiger partial charge in [-0.1, -0.05) is 49.6 Å². The lowest BCUT2D eigenvalue weighted by molar-refractivity contribution is 0.399. The molecule has 1 unspecified atom stereocenters. The average molecular weight is 324 g/mol. The SMILES string of the molecule is O=c1oc(CCCC2CC2)cc(O)c1C(c1ccccc1)C1CC1. The van der Waals surface area contributed by atoms with Crippen LogP contribution >= 0.6 is 0 Å². The summed E-state index contributed by atoms with van der Waals surface area (Å²) in [5, 5.41) is 10.5. The molecule has 3 heteroatoms. The Labute approximate surface area is 142 Å². The van der Waals surface area contributed by atoms with E-state index in [2.05, 4.69) is 0 Å². The average Bonchev–Trinajstić information content (AvgIpc) is 3.45. The van der Waals surface area contributed by atoms with Gasteiger partial charge in [0.05, 0.1) is 5.56 Å². The van der Waals surface area contributed by atoms with Gasteiger partial charge in [0.2, 0.25) is 0 Å². The van der Waals surface area contributed by atoms with Crippen LogP contribution in [-0.2, 0) is 6.42 Å². The lowest BCUT2D eigenvalue weighted by Crippen LogP contribution is -2.16. The van der Waals surface area contributed by atoms with Gasteiger partial charge in [0.15, 0.2) is 0 Å². The number of hydrogen-bond acceptors (Lipinski definition) is 3. The molecule has 0 bridgehead atoms. The van der Waals surface area contributed by atoms with Crippen LogP contribution in [0.5, 0.6) is 5.75 Å². The van der Waals surface area contributed by atoms with Crippen molar-refractivity contribution in [2.24, 2.45) is 11.8 Å². The number of hydrogen-bond donors (Lipinski definition) is 1. The van der Waals surface area contributed by atoms with E-state index in [4.69, 9.17) is 4.42 Å². The highest BCUT2D eigenvalue weighted by molar-refractivity contribution is 5.41. The van der Waals surface area contributed by atoms with Crippen LogP contribution in [0, 0.1) is 11.8 Å². The largest absolute Gasteiger partial charge is 0.507 e. The smallest absolute Gasteiger partial charge is 0.343 e. The maximum Gasteiger partial charge on any atom is 0.343 e. The first-order chi connectivity index (χ1) is 11.7. The van der Waals surface area contributed by atoms with Crippen molar-refractivity contribution in [2.75, 3.05) is 0 Å². The van der Waals surface area contributed by atoms with Crippen molar-refractivity contribution >= 4 is 0 Å². The Hall–Kier alpha value is -2.03. The summed E-state index contributed by atoms with van der Waals surface area (Å²) in [5.74, 6) is 1.98. The van der Waals surface area contributed by atoms with Crippen LogP contribution in [0.15, 0.2) is 45.6 Å². The second kappa shape index (κ2) is 6.46. The third kappa shape index (κ3) is 3.40. The highest BCUT2D eigenvalue weighted by Gasteiger charge is 2.37. The molecule has 0 radical (unpaired) electrons. The molecular weight excluding hydrogens is 300 g/mol. The summed E-state index contributed by atoms with van der Waals surface area (Å²) < 4.78 is 5.56. The van der Waals surface area contributed by atoms with E-state index in [1.165, 1.54) is 19.3 Å². The Morgan fingerprint density at radius 1 is 1.12 bits per heavy atom. The van der Waals surface area contributed by atoms with Crippen LogP contribution in [0.1, 0.15) is 61.3 Å². The third-order valence-electron chi connectivity index (χ3n) is 5.31. The predicted octanol–water partition coefficient (Wildman–Crippen LogP) is 4.62. The zero-order valence-electron chi connectivity index (χ0n) is 13.9. The summed E-state index contributed by atoms with van der Waals surface area (Å²) in [6, 6.07) is 11.7. The number of aryl methyl sites for hydroxylation is 1. The van der Waals surface area contributed by atoms with E-state index in [0.29, 0.717) is 17.2 Å². The summed E-state index contributed by atoms with van der Waals surface area (Å²) in [4.78, 5) is 12.6. The molecule has 0 aliphatic heterocycles. The summed E-state index contributed by atoms with van der Waals surface area (Å²) in [6.07, 6.45) is 7.84. The molecule has 1 atom stereocenters. The second-order valence-corrected chi connectivity index (χ2v) is 7.36. The van der Waals surface area contributed by atoms with Crippen molar-refractivity contribution in [3.63, 3.8) is 0 Å². The fourth-order valence-electron chi connectivity index (χ4n) is 3.68. The Kier molecular flexibility index (Phi) is 4.17. The van der Waals surface area contributed by atoms with Crippen molar-refractivity contribution in [3.05, 3.63) is 63.7 Å². The molecule has 24 heavy (non-hydrogen) atoms. The highest BCUT2D eigenvalue weighted by atomic mass is 16.4. The maximum atomic E-state index is 12.6. The predicted molar refractivity (Wildman–Crippen MR) is 93.3 cm³/mol. The van der Waals surface area contributed by atoms with Crippen molar-refractivity contribution in [1.29, 1.82) is 0 Å². The molecule has 2 aliphatic rings. The van der Waals surface area contributed by atoms with Gasteiger partial charge < -0.3 is 9.52 Å². The summed E-state index contributed by atoms with van der Waals surface area (Å²) in [5.41, 5.74) is 1.16. The molecule has 1 aromatic heterocycles. The van der Waals surface area contributed by atoms with Crippen molar-refractivity contribution in [2.45, 2.75) is 50.9 Å². The van der Waals surface area contributed by atoms with E-state index in [0.717, 1.165) is 37.2 Å². The van der Waals surface area contributed by atoms with Crippen LogP contribution in [0.4, 0.5) is 0 Å². The van der Waals surface area contributed by atoms with Gasteiger partial charge in [0.1, 0.15) is 11.5 Å². The molecule has 1 heterocycles. The molecule has 2 aromatic rings. The second-order valence-electron chi connectivity index (χ2n) is 7.36. The molecule has 0 amide bonds. The molecule has 1 aromatic carbocycles. The van der Waals surface area contributed by atoms with E-state index in [9.17, 15) is 9.90 Å². The van der Waals surface area contributed by atoms with Crippen LogP contribution in [-0.4, -0.2) is 5.11 Å². The number of benzene rings is 1. The van der Waals surface area contributed by atoms with E-state index >= 15 is 0 Å². The molecule has 2 saturated carbocycles. The van der Waals surface area contributed by atoms with E-state index in [1.807, 2.05) is 30.3 Å². The maximum absolute atomic E-state index is 12.6. The van der Waals surface area contributed by atoms with Gasteiger partial charge in [-0.25, -0.2) is 4.79 Å². The van der Waals surface area contributed by atoms with Gasteiger partial charge in [-0.05, 0) is 36.7 Å². The first-order valence-corrected chi connectivity index (χ1v) is 9.13. The van der Waals surface area contributed by atoms with Gasteiger partial charge in [-0.15, -0.1) is 0 Å².